The van der Waals surface area contributed by atoms with Crippen molar-refractivity contribution in [3.8, 4) is 11.3 Å². The molecule has 0 amide bonds. The first-order chi connectivity index (χ1) is 11.9. The predicted octanol–water partition coefficient (Wildman–Crippen LogP) is 2.90. The average Bonchev–Trinajstić information content (AvgIpc) is 2.60. The van der Waals surface area contributed by atoms with E-state index in [2.05, 4.69) is 14.7 Å². The lowest BCUT2D eigenvalue weighted by Gasteiger charge is -2.08. The number of rotatable bonds is 5. The van der Waals surface area contributed by atoms with Gasteiger partial charge in [0.2, 0.25) is 10.0 Å². The molecular formula is C17H13F2N3O2S. The minimum atomic E-state index is -4.04. The number of sulfonamides is 1. The number of benzene rings is 1. The first-order valence-corrected chi connectivity index (χ1v) is 8.73. The van der Waals surface area contributed by atoms with E-state index in [0.29, 0.717) is 17.3 Å². The second-order valence-corrected chi connectivity index (χ2v) is 6.99. The van der Waals surface area contributed by atoms with E-state index in [4.69, 9.17) is 0 Å². The molecule has 2 heterocycles. The lowest BCUT2D eigenvalue weighted by molar-refractivity contribution is 0.561. The second kappa shape index (κ2) is 7.04. The highest BCUT2D eigenvalue weighted by molar-refractivity contribution is 7.89. The van der Waals surface area contributed by atoms with Gasteiger partial charge in [0.1, 0.15) is 11.6 Å². The maximum atomic E-state index is 13.2. The van der Waals surface area contributed by atoms with Gasteiger partial charge in [0.15, 0.2) is 0 Å². The van der Waals surface area contributed by atoms with E-state index in [0.717, 1.165) is 17.7 Å². The molecule has 2 aromatic heterocycles. The molecule has 128 valence electrons. The molecule has 3 aromatic rings. The summed E-state index contributed by atoms with van der Waals surface area (Å²) in [4.78, 5) is 7.76. The van der Waals surface area contributed by atoms with Crippen molar-refractivity contribution in [2.24, 2.45) is 0 Å². The summed E-state index contributed by atoms with van der Waals surface area (Å²) in [5.41, 5.74) is 2.08. The maximum Gasteiger partial charge on any atom is 0.241 e. The number of nitrogens with one attached hydrogen (secondary N) is 1. The van der Waals surface area contributed by atoms with E-state index >= 15 is 0 Å². The lowest BCUT2D eigenvalue weighted by atomic mass is 10.1. The molecular weight excluding hydrogens is 348 g/mol. The number of nitrogens with zero attached hydrogens (tertiary/aromatic N) is 2. The molecule has 8 heteroatoms. The van der Waals surface area contributed by atoms with E-state index in [1.165, 1.54) is 0 Å². The molecule has 5 nitrogen and oxygen atoms in total. The van der Waals surface area contributed by atoms with Gasteiger partial charge in [-0.25, -0.2) is 21.9 Å². The van der Waals surface area contributed by atoms with Crippen molar-refractivity contribution in [1.82, 2.24) is 14.7 Å². The molecule has 0 spiro atoms. The maximum absolute atomic E-state index is 13.2. The van der Waals surface area contributed by atoms with E-state index in [9.17, 15) is 17.2 Å². The Hall–Kier alpha value is -2.71. The van der Waals surface area contributed by atoms with Gasteiger partial charge in [0.05, 0.1) is 10.6 Å². The van der Waals surface area contributed by atoms with E-state index in [1.54, 1.807) is 36.8 Å². The molecule has 0 aliphatic heterocycles. The molecule has 0 radical (unpaired) electrons. The Morgan fingerprint density at radius 2 is 1.76 bits per heavy atom. The van der Waals surface area contributed by atoms with Gasteiger partial charge < -0.3 is 0 Å². The monoisotopic (exact) mass is 361 g/mol. The SMILES string of the molecule is O=S(=O)(NCc1ccnc(-c2cccnc2)c1)c1cc(F)cc(F)c1. The standard InChI is InChI=1S/C17H13F2N3O2S/c18-14-7-15(19)9-16(8-14)25(23,24)22-10-12-3-5-21-17(6-12)13-2-1-4-20-11-13/h1-9,11,22H,10H2. The molecule has 0 aliphatic carbocycles. The fraction of sp³-hybridized carbons (Fsp3) is 0.0588. The highest BCUT2D eigenvalue weighted by Crippen LogP contribution is 2.17. The van der Waals surface area contributed by atoms with Crippen molar-refractivity contribution < 1.29 is 17.2 Å². The lowest BCUT2D eigenvalue weighted by Crippen LogP contribution is -2.23. The third-order valence-corrected chi connectivity index (χ3v) is 4.78. The summed E-state index contributed by atoms with van der Waals surface area (Å²) in [6, 6.07) is 9.10. The summed E-state index contributed by atoms with van der Waals surface area (Å²) < 4.78 is 53.1. The number of hydrogen-bond acceptors (Lipinski definition) is 4. The molecule has 0 aliphatic rings. The number of hydrogen-bond donors (Lipinski definition) is 1. The van der Waals surface area contributed by atoms with Crippen molar-refractivity contribution in [2.45, 2.75) is 11.4 Å². The second-order valence-electron chi connectivity index (χ2n) is 5.22. The zero-order valence-electron chi connectivity index (χ0n) is 12.9. The Bertz CT molecular complexity index is 976. The van der Waals surface area contributed by atoms with E-state index in [1.807, 2.05) is 6.07 Å². The van der Waals surface area contributed by atoms with Crippen LogP contribution in [0, 0.1) is 11.6 Å². The molecule has 0 saturated carbocycles. The Kier molecular flexibility index (Phi) is 4.82. The zero-order chi connectivity index (χ0) is 17.9. The van der Waals surface area contributed by atoms with Gasteiger partial charge in [-0.1, -0.05) is 0 Å². The number of pyridine rings is 2. The molecule has 25 heavy (non-hydrogen) atoms. The number of halogens is 2. The largest absolute Gasteiger partial charge is 0.264 e. The molecule has 1 aromatic carbocycles. The molecule has 0 unspecified atom stereocenters. The van der Waals surface area contributed by atoms with Gasteiger partial charge in [0, 0.05) is 36.8 Å². The highest BCUT2D eigenvalue weighted by Gasteiger charge is 2.16. The van der Waals surface area contributed by atoms with Gasteiger partial charge in [-0.15, -0.1) is 0 Å². The molecule has 0 fully saturated rings. The molecule has 3 rings (SSSR count). The fourth-order valence-corrected chi connectivity index (χ4v) is 3.26. The fourth-order valence-electron chi connectivity index (χ4n) is 2.20. The van der Waals surface area contributed by atoms with Crippen molar-refractivity contribution in [1.29, 1.82) is 0 Å². The third kappa shape index (κ3) is 4.23. The first-order valence-electron chi connectivity index (χ1n) is 7.25. The van der Waals surface area contributed by atoms with Gasteiger partial charge in [0.25, 0.3) is 0 Å². The topological polar surface area (TPSA) is 72.0 Å². The minimum absolute atomic E-state index is 0.0454. The van der Waals surface area contributed by atoms with Crippen molar-refractivity contribution in [3.05, 3.63) is 78.3 Å². The molecule has 0 saturated heterocycles. The van der Waals surface area contributed by atoms with Crippen LogP contribution in [0.15, 0.2) is 66.0 Å². The quantitative estimate of drug-likeness (QED) is 0.758. The summed E-state index contributed by atoms with van der Waals surface area (Å²) in [5.74, 6) is -1.91. The van der Waals surface area contributed by atoms with Crippen LogP contribution in [0.4, 0.5) is 8.78 Å². The summed E-state index contributed by atoms with van der Waals surface area (Å²) in [6.45, 7) is -0.0454. The zero-order valence-corrected chi connectivity index (χ0v) is 13.7. The summed E-state index contributed by atoms with van der Waals surface area (Å²) >= 11 is 0. The Balaban J connectivity index is 1.79. The summed E-state index contributed by atoms with van der Waals surface area (Å²) in [6.07, 6.45) is 4.83. The molecule has 1 N–H and O–H groups in total. The molecule has 0 bridgehead atoms. The Morgan fingerprint density at radius 3 is 2.44 bits per heavy atom. The van der Waals surface area contributed by atoms with Gasteiger partial charge >= 0.3 is 0 Å². The van der Waals surface area contributed by atoms with Crippen molar-refractivity contribution >= 4 is 10.0 Å². The third-order valence-electron chi connectivity index (χ3n) is 3.39. The van der Waals surface area contributed by atoms with Crippen LogP contribution in [-0.4, -0.2) is 18.4 Å². The highest BCUT2D eigenvalue weighted by atomic mass is 32.2. The van der Waals surface area contributed by atoms with Crippen LogP contribution in [0.2, 0.25) is 0 Å². The average molecular weight is 361 g/mol. The molecule has 0 atom stereocenters. The smallest absolute Gasteiger partial charge is 0.241 e. The van der Waals surface area contributed by atoms with E-state index < -0.39 is 26.6 Å². The van der Waals surface area contributed by atoms with Crippen molar-refractivity contribution in [3.63, 3.8) is 0 Å². The van der Waals surface area contributed by atoms with Gasteiger partial charge in [-0.3, -0.25) is 9.97 Å². The van der Waals surface area contributed by atoms with E-state index in [-0.39, 0.29) is 6.54 Å². The normalized spacial score (nSPS) is 11.4. The van der Waals surface area contributed by atoms with Crippen molar-refractivity contribution in [2.75, 3.05) is 0 Å². The van der Waals surface area contributed by atoms with Gasteiger partial charge in [-0.2, -0.15) is 0 Å². The predicted molar refractivity (Wildman–Crippen MR) is 87.9 cm³/mol. The minimum Gasteiger partial charge on any atom is -0.264 e. The summed E-state index contributed by atoms with van der Waals surface area (Å²) in [5, 5.41) is 0. The van der Waals surface area contributed by atoms with Crippen LogP contribution >= 0.6 is 0 Å². The van der Waals surface area contributed by atoms with Crippen LogP contribution in [0.5, 0.6) is 0 Å². The van der Waals surface area contributed by atoms with Crippen LogP contribution in [0.3, 0.4) is 0 Å². The summed E-state index contributed by atoms with van der Waals surface area (Å²) in [7, 11) is -4.04. The number of aromatic nitrogens is 2. The van der Waals surface area contributed by atoms with Crippen LogP contribution in [-0.2, 0) is 16.6 Å². The first kappa shape index (κ1) is 17.1. The Labute approximate surface area is 143 Å². The van der Waals surface area contributed by atoms with Crippen LogP contribution < -0.4 is 4.72 Å². The van der Waals surface area contributed by atoms with Crippen LogP contribution in [0.25, 0.3) is 11.3 Å². The Morgan fingerprint density at radius 1 is 1.00 bits per heavy atom. The van der Waals surface area contributed by atoms with Gasteiger partial charge in [-0.05, 0) is 42.0 Å². The van der Waals surface area contributed by atoms with Crippen LogP contribution in [0.1, 0.15) is 5.56 Å².